The quantitative estimate of drug-likeness (QED) is 0.0233. The summed E-state index contributed by atoms with van der Waals surface area (Å²) >= 11 is 0. The van der Waals surface area contributed by atoms with E-state index in [1.165, 1.54) is 5.56 Å². The average Bonchev–Trinajstić information content (AvgIpc) is 1.64. The van der Waals surface area contributed by atoms with Gasteiger partial charge in [0.2, 0.25) is 11.8 Å². The second kappa shape index (κ2) is 61.6. The smallest absolute Gasteiger partial charge is 0.407 e. The van der Waals surface area contributed by atoms with Gasteiger partial charge in [0.25, 0.3) is 5.91 Å². The van der Waals surface area contributed by atoms with Crippen LogP contribution in [0, 0.1) is 107 Å². The molecule has 7 amide bonds. The summed E-state index contributed by atoms with van der Waals surface area (Å²) in [7, 11) is 4.78. The molecule has 1 aromatic carbocycles. The monoisotopic (exact) mass is 1820 g/mol. The molecule has 8 aliphatic carbocycles. The summed E-state index contributed by atoms with van der Waals surface area (Å²) in [5.41, 5.74) is 3.86. The van der Waals surface area contributed by atoms with E-state index in [1.807, 2.05) is 16.8 Å². The van der Waals surface area contributed by atoms with Crippen LogP contribution in [0.5, 0.6) is 0 Å². The van der Waals surface area contributed by atoms with Crippen LogP contribution in [0.4, 0.5) is 19.2 Å². The van der Waals surface area contributed by atoms with Crippen molar-refractivity contribution in [1.82, 2.24) is 46.2 Å². The van der Waals surface area contributed by atoms with Crippen molar-refractivity contribution in [2.24, 2.45) is 71.0 Å². The van der Waals surface area contributed by atoms with Gasteiger partial charge < -0.3 is 93.2 Å². The van der Waals surface area contributed by atoms with Crippen LogP contribution in [0.2, 0.25) is 0 Å². The molecule has 32 heteroatoms. The van der Waals surface area contributed by atoms with E-state index in [0.717, 1.165) is 114 Å². The molecule has 10 rings (SSSR count). The first-order valence-electron chi connectivity index (χ1n) is 47.5. The molecule has 5 N–H and O–H groups in total. The van der Waals surface area contributed by atoms with Gasteiger partial charge in [0, 0.05) is 175 Å². The van der Waals surface area contributed by atoms with Gasteiger partial charge >= 0.3 is 24.4 Å². The number of nitrogens with one attached hydrogen (secondary N) is 5. The van der Waals surface area contributed by atoms with Crippen molar-refractivity contribution >= 4 is 65.2 Å². The summed E-state index contributed by atoms with van der Waals surface area (Å²) in [6, 6.07) is 7.41. The maximum atomic E-state index is 13.0. The molecule has 130 heavy (non-hydrogen) atoms. The number of ketones is 4. The number of amides is 7. The zero-order chi connectivity index (χ0) is 91.4. The number of alkyl carbamates (subject to hydrolysis) is 4. The lowest BCUT2D eigenvalue weighted by molar-refractivity contribution is -0.135. The molecule has 0 radical (unpaired) electrons. The standard InChI is InChI=1S/C53H76N6O12.C44H67N3O11.CH4/c1-54-51(63)38-13-16-40(17-14-38)59-35-39-15-18-45-46(19-20-49(39)57-59)48(45)37-71-53(65)56-25-8-10-42(61)22-29-68-32-27-58(50(62)23-30-69-34-33-66-2)26-31-67-28-21-41(60)9-7-24-55-52(64)70-36-47-43-11-5-3-4-6-12-44(43)47;1-53-30-31-56-27-20-42(50)47(23-28-54-25-18-34(48)12-10-21-45-43(51)57-32-40-36-14-6-2-3-7-15-37(36)40)24-29-55-26-19-35(49)13-11-22-46-44(52)58-33-41-38-16-8-4-5-9-17-39(38)41;/h13-14,16-17,35,43-48H,5-12,15,18-34,36-37H2,1-2H3,(H,54,63)(H,55,64)(H,56,65);36-41H,6-33H2,1H3,(H,45,51)(H,46,52);1H4. The summed E-state index contributed by atoms with van der Waals surface area (Å²) in [5, 5.41) is 18.5. The number of aromatic nitrogens is 2. The fourth-order valence-electron chi connectivity index (χ4n) is 18.0. The molecular weight excluding hydrogens is 1670 g/mol. The number of carbonyl (C=O) groups is 11. The fraction of sp³-hybridized carbons (Fsp3) is 0.735. The Kier molecular flexibility index (Phi) is 50.4. The van der Waals surface area contributed by atoms with Gasteiger partial charge in [-0.25, -0.2) is 23.9 Å². The number of benzene rings is 1. The van der Waals surface area contributed by atoms with E-state index in [2.05, 4.69) is 68.3 Å². The van der Waals surface area contributed by atoms with Gasteiger partial charge in [-0.2, -0.15) is 5.10 Å². The van der Waals surface area contributed by atoms with Crippen LogP contribution < -0.4 is 26.6 Å². The Morgan fingerprint density at radius 1 is 0.369 bits per heavy atom. The van der Waals surface area contributed by atoms with Crippen LogP contribution in [0.15, 0.2) is 30.5 Å². The first kappa shape index (κ1) is 106. The number of hydrogen-bond acceptors (Lipinski definition) is 24. The zero-order valence-corrected chi connectivity index (χ0v) is 76.6. The summed E-state index contributed by atoms with van der Waals surface area (Å²) in [4.78, 5) is 140. The highest BCUT2D eigenvalue weighted by Gasteiger charge is 2.52. The van der Waals surface area contributed by atoms with E-state index >= 15 is 0 Å². The molecular formula is C98H147N9O23. The zero-order valence-electron chi connectivity index (χ0n) is 76.6. The maximum Gasteiger partial charge on any atom is 0.407 e. The van der Waals surface area contributed by atoms with Gasteiger partial charge in [-0.3, -0.25) is 33.6 Å². The molecule has 0 aliphatic heterocycles. The highest BCUT2D eigenvalue weighted by Crippen LogP contribution is 2.55. The highest BCUT2D eigenvalue weighted by atomic mass is 16.6. The average molecular weight is 1820 g/mol. The van der Waals surface area contributed by atoms with Crippen molar-refractivity contribution in [2.75, 3.05) is 193 Å². The Labute approximate surface area is 769 Å². The normalized spacial score (nSPS) is 21.4. The number of Topliss-reactive ketones (excluding diaryl/α,β-unsaturated/α-hetero) is 4. The third kappa shape index (κ3) is 40.6. The molecule has 9 atom stereocenters. The minimum Gasteiger partial charge on any atom is -0.449 e. The number of nitrogens with zero attached hydrogens (tertiary/aromatic N) is 4. The topological polar surface area (TPSA) is 383 Å². The number of carbonyl (C=O) groups excluding carboxylic acids is 11. The van der Waals surface area contributed by atoms with Crippen LogP contribution in [0.3, 0.4) is 0 Å². The molecule has 8 aliphatic rings. The van der Waals surface area contributed by atoms with Crippen LogP contribution in [0.25, 0.3) is 5.69 Å². The minimum atomic E-state index is -0.468. The second-order valence-electron chi connectivity index (χ2n) is 34.6. The lowest BCUT2D eigenvalue weighted by Crippen LogP contribution is -2.37. The van der Waals surface area contributed by atoms with Gasteiger partial charge in [0.1, 0.15) is 23.1 Å². The SMILES string of the molecule is C.CNC(=O)c1ccc(-n2cc3c(n2)CCC2C(CC3)C2COC(=O)NCCCC(=O)CCOCCN(CCOCCC(=O)CCCNC(=O)OCC2C3CCC#CCCC32)C(=O)CCOCCOC)cc1.COCCOCCC(=O)N(CCOCCC(=O)CCCNC(=O)OCC1C2CCC#CCCC21)CCOCCC(=O)CCCNC(=O)OCC1C2CCC#CCCC21. The number of ether oxygens (including phenoxy) is 12. The Bertz CT molecular complexity index is 3840. The molecule has 9 unspecified atom stereocenters. The van der Waals surface area contributed by atoms with Gasteiger partial charge in [-0.15, -0.1) is 35.5 Å². The predicted octanol–water partition coefficient (Wildman–Crippen LogP) is 10.6. The molecule has 1 heterocycles. The van der Waals surface area contributed by atoms with Gasteiger partial charge in [-0.05, 0) is 191 Å². The first-order chi connectivity index (χ1) is 63.0. The van der Waals surface area contributed by atoms with Crippen LogP contribution in [0.1, 0.15) is 209 Å². The number of methoxy groups -OCH3 is 2. The Morgan fingerprint density at radius 3 is 0.969 bits per heavy atom. The molecule has 0 saturated heterocycles. The van der Waals surface area contributed by atoms with Crippen molar-refractivity contribution in [3.8, 4) is 41.2 Å². The minimum absolute atomic E-state index is 0. The van der Waals surface area contributed by atoms with Crippen molar-refractivity contribution in [3.63, 3.8) is 0 Å². The molecule has 32 nitrogen and oxygen atoms in total. The summed E-state index contributed by atoms with van der Waals surface area (Å²) in [6.45, 7) is 8.43. The van der Waals surface area contributed by atoms with Crippen molar-refractivity contribution in [2.45, 2.75) is 200 Å². The van der Waals surface area contributed by atoms with Crippen LogP contribution in [-0.4, -0.2) is 277 Å². The van der Waals surface area contributed by atoms with Crippen molar-refractivity contribution in [1.29, 1.82) is 0 Å². The lowest BCUT2D eigenvalue weighted by Gasteiger charge is -2.23. The molecule has 0 spiro atoms. The van der Waals surface area contributed by atoms with E-state index in [1.54, 1.807) is 43.2 Å². The number of hydrogen-bond donors (Lipinski definition) is 5. The lowest BCUT2D eigenvalue weighted by atomic mass is 9.99. The number of aryl methyl sites for hydroxylation is 2. The molecule has 4 fully saturated rings. The van der Waals surface area contributed by atoms with Crippen LogP contribution >= 0.6 is 0 Å². The second-order valence-corrected chi connectivity index (χ2v) is 34.6. The largest absolute Gasteiger partial charge is 0.449 e. The predicted molar refractivity (Wildman–Crippen MR) is 485 cm³/mol. The van der Waals surface area contributed by atoms with E-state index in [-0.39, 0.29) is 153 Å². The Morgan fingerprint density at radius 2 is 0.662 bits per heavy atom. The molecule has 2 aromatic rings. The maximum absolute atomic E-state index is 13.0. The van der Waals surface area contributed by atoms with Crippen molar-refractivity contribution < 1.29 is 110 Å². The summed E-state index contributed by atoms with van der Waals surface area (Å²) < 4.78 is 67.6. The van der Waals surface area contributed by atoms with E-state index < -0.39 is 24.4 Å². The first-order valence-corrected chi connectivity index (χ1v) is 47.5. The molecule has 722 valence electrons. The van der Waals surface area contributed by atoms with E-state index in [4.69, 9.17) is 61.9 Å². The molecule has 1 aromatic heterocycles. The summed E-state index contributed by atoms with van der Waals surface area (Å²) in [5.74, 6) is 25.3. The van der Waals surface area contributed by atoms with Crippen molar-refractivity contribution in [3.05, 3.63) is 47.3 Å². The van der Waals surface area contributed by atoms with Gasteiger partial charge in [0.05, 0.1) is 143 Å². The van der Waals surface area contributed by atoms with Gasteiger partial charge in [-0.1, -0.05) is 7.43 Å². The third-order valence-corrected chi connectivity index (χ3v) is 25.8. The van der Waals surface area contributed by atoms with Gasteiger partial charge in [0.15, 0.2) is 0 Å². The molecule has 0 bridgehead atoms. The summed E-state index contributed by atoms with van der Waals surface area (Å²) in [6.07, 6.45) is 20.8. The molecule has 4 saturated carbocycles. The fourth-order valence-corrected chi connectivity index (χ4v) is 18.0. The van der Waals surface area contributed by atoms with E-state index in [0.29, 0.717) is 233 Å². The van der Waals surface area contributed by atoms with Crippen LogP contribution in [-0.2, 0) is 98.5 Å². The van der Waals surface area contributed by atoms with E-state index in [9.17, 15) is 52.7 Å². The Hall–Kier alpha value is -9.04. The third-order valence-electron chi connectivity index (χ3n) is 25.8. The number of fused-ring (bicyclic) bond motifs is 5. The highest BCUT2D eigenvalue weighted by molar-refractivity contribution is 5.94. The number of rotatable bonds is 62. The Balaban J connectivity index is 0.000000325.